The molecule has 0 unspecified atom stereocenters. The van der Waals surface area contributed by atoms with E-state index in [9.17, 15) is 0 Å². The summed E-state index contributed by atoms with van der Waals surface area (Å²) in [5.74, 6) is 0. The molecule has 0 aromatic heterocycles. The van der Waals surface area contributed by atoms with Crippen molar-refractivity contribution in [3.8, 4) is 0 Å². The van der Waals surface area contributed by atoms with E-state index in [2.05, 4.69) is 33.3 Å². The summed E-state index contributed by atoms with van der Waals surface area (Å²) in [7, 11) is 0. The van der Waals surface area contributed by atoms with E-state index in [4.69, 9.17) is 5.73 Å². The molecule has 0 atom stereocenters. The highest BCUT2D eigenvalue weighted by molar-refractivity contribution is 7.80. The zero-order valence-electron chi connectivity index (χ0n) is 7.92. The van der Waals surface area contributed by atoms with Gasteiger partial charge in [0.2, 0.25) is 0 Å². The van der Waals surface area contributed by atoms with Crippen molar-refractivity contribution in [2.24, 2.45) is 15.9 Å². The second-order valence-electron chi connectivity index (χ2n) is 2.51. The van der Waals surface area contributed by atoms with Crippen molar-refractivity contribution >= 4 is 35.4 Å². The number of benzene rings is 1. The molecule has 0 spiro atoms. The Hall–Kier alpha value is -1.95. The Morgan fingerprint density at radius 3 is 2.53 bits per heavy atom. The second kappa shape index (κ2) is 6.50. The van der Waals surface area contributed by atoms with E-state index in [1.165, 1.54) is 12.4 Å². The number of nitrogens with two attached hydrogens (primary N) is 1. The molecule has 0 bridgehead atoms. The molecule has 1 aromatic rings. The highest BCUT2D eigenvalue weighted by Crippen LogP contribution is 2.03. The van der Waals surface area contributed by atoms with Gasteiger partial charge in [-0.05, 0) is 24.4 Å². The lowest BCUT2D eigenvalue weighted by Gasteiger charge is -1.96. The van der Waals surface area contributed by atoms with E-state index in [0.717, 1.165) is 5.69 Å². The topological polar surface area (TPSA) is 74.8 Å². The standard InChI is InChI=1S/C9H11N5S/c10-9(15)14-12-7-6-11-13-8-4-2-1-3-5-8/h1-7,13H,(H3,10,14,15)/b11-6+,12-7+. The zero-order chi connectivity index (χ0) is 10.9. The molecule has 4 N–H and O–H groups in total. The lowest BCUT2D eigenvalue weighted by molar-refractivity contribution is 1.05. The third-order valence-electron chi connectivity index (χ3n) is 1.36. The Morgan fingerprint density at radius 1 is 1.20 bits per heavy atom. The van der Waals surface area contributed by atoms with Crippen molar-refractivity contribution < 1.29 is 0 Å². The molecular weight excluding hydrogens is 210 g/mol. The number of nitrogens with one attached hydrogen (secondary N) is 2. The van der Waals surface area contributed by atoms with Crippen LogP contribution in [0.3, 0.4) is 0 Å². The van der Waals surface area contributed by atoms with Crippen molar-refractivity contribution in [1.82, 2.24) is 5.43 Å². The molecule has 0 heterocycles. The van der Waals surface area contributed by atoms with Crippen LogP contribution < -0.4 is 16.6 Å². The predicted molar refractivity (Wildman–Crippen MR) is 67.0 cm³/mol. The van der Waals surface area contributed by atoms with Gasteiger partial charge < -0.3 is 5.73 Å². The summed E-state index contributed by atoms with van der Waals surface area (Å²) in [4.78, 5) is 0. The molecule has 0 aliphatic heterocycles. The summed E-state index contributed by atoms with van der Waals surface area (Å²) in [5, 5.41) is 7.68. The molecule has 0 aliphatic carbocycles. The van der Waals surface area contributed by atoms with Crippen LogP contribution in [0.5, 0.6) is 0 Å². The molecule has 6 heteroatoms. The van der Waals surface area contributed by atoms with E-state index in [-0.39, 0.29) is 5.11 Å². The minimum atomic E-state index is 0.121. The van der Waals surface area contributed by atoms with Crippen LogP contribution in [0.1, 0.15) is 0 Å². The Bertz CT molecular complexity index is 360. The third kappa shape index (κ3) is 5.37. The maximum atomic E-state index is 5.14. The smallest absolute Gasteiger partial charge is 0.184 e. The quantitative estimate of drug-likeness (QED) is 0.401. The van der Waals surface area contributed by atoms with Gasteiger partial charge in [-0.25, -0.2) is 0 Å². The molecule has 78 valence electrons. The lowest BCUT2D eigenvalue weighted by Crippen LogP contribution is -2.24. The van der Waals surface area contributed by atoms with Crippen LogP contribution in [0.4, 0.5) is 5.69 Å². The Balaban J connectivity index is 2.28. The van der Waals surface area contributed by atoms with Crippen LogP contribution in [0, 0.1) is 0 Å². The fourth-order valence-electron chi connectivity index (χ4n) is 0.792. The van der Waals surface area contributed by atoms with E-state index in [1.807, 2.05) is 30.3 Å². The summed E-state index contributed by atoms with van der Waals surface area (Å²) in [5.41, 5.74) is 11.3. The molecule has 0 radical (unpaired) electrons. The fourth-order valence-corrected chi connectivity index (χ4v) is 0.845. The molecular formula is C9H11N5S. The van der Waals surface area contributed by atoms with Crippen LogP contribution in [0.25, 0.3) is 0 Å². The second-order valence-corrected chi connectivity index (χ2v) is 2.95. The number of para-hydroxylation sites is 1. The van der Waals surface area contributed by atoms with Gasteiger partial charge >= 0.3 is 0 Å². The number of rotatable bonds is 4. The molecule has 15 heavy (non-hydrogen) atoms. The van der Waals surface area contributed by atoms with Crippen molar-refractivity contribution in [2.45, 2.75) is 0 Å². The van der Waals surface area contributed by atoms with Crippen molar-refractivity contribution in [3.63, 3.8) is 0 Å². The summed E-state index contributed by atoms with van der Waals surface area (Å²) >= 11 is 4.54. The first kappa shape index (κ1) is 11.1. The van der Waals surface area contributed by atoms with Gasteiger partial charge in [0, 0.05) is 0 Å². The summed E-state index contributed by atoms with van der Waals surface area (Å²) in [6.45, 7) is 0. The first-order valence-electron chi connectivity index (χ1n) is 4.20. The first-order chi connectivity index (χ1) is 7.29. The van der Waals surface area contributed by atoms with Gasteiger partial charge in [0.1, 0.15) is 0 Å². The molecule has 1 aromatic carbocycles. The van der Waals surface area contributed by atoms with Gasteiger partial charge in [-0.15, -0.1) is 0 Å². The van der Waals surface area contributed by atoms with Crippen LogP contribution >= 0.6 is 12.2 Å². The number of thiocarbonyl (C=S) groups is 1. The minimum Gasteiger partial charge on any atom is -0.375 e. The monoisotopic (exact) mass is 221 g/mol. The highest BCUT2D eigenvalue weighted by Gasteiger charge is 1.82. The number of anilines is 1. The molecule has 0 aliphatic rings. The van der Waals surface area contributed by atoms with Crippen molar-refractivity contribution in [3.05, 3.63) is 30.3 Å². The van der Waals surface area contributed by atoms with Gasteiger partial charge in [0.25, 0.3) is 0 Å². The average molecular weight is 221 g/mol. The third-order valence-corrected chi connectivity index (χ3v) is 1.45. The Labute approximate surface area is 93.1 Å². The van der Waals surface area contributed by atoms with Crippen molar-refractivity contribution in [2.75, 3.05) is 5.43 Å². The molecule has 0 amide bonds. The predicted octanol–water partition coefficient (Wildman–Crippen LogP) is 0.903. The lowest BCUT2D eigenvalue weighted by atomic mass is 10.3. The summed E-state index contributed by atoms with van der Waals surface area (Å²) in [6.07, 6.45) is 2.92. The van der Waals surface area contributed by atoms with E-state index in [0.29, 0.717) is 0 Å². The largest absolute Gasteiger partial charge is 0.375 e. The number of hydrazone groups is 2. The average Bonchev–Trinajstić information content (AvgIpc) is 2.24. The van der Waals surface area contributed by atoms with Crippen LogP contribution in [-0.4, -0.2) is 17.5 Å². The maximum Gasteiger partial charge on any atom is 0.184 e. The van der Waals surface area contributed by atoms with Gasteiger partial charge in [-0.1, -0.05) is 18.2 Å². The minimum absolute atomic E-state index is 0.121. The van der Waals surface area contributed by atoms with Gasteiger partial charge in [-0.3, -0.25) is 10.9 Å². The van der Waals surface area contributed by atoms with E-state index >= 15 is 0 Å². The normalized spacial score (nSPS) is 10.7. The molecule has 0 saturated heterocycles. The zero-order valence-corrected chi connectivity index (χ0v) is 8.74. The Morgan fingerprint density at radius 2 is 1.87 bits per heavy atom. The van der Waals surface area contributed by atoms with Gasteiger partial charge in [-0.2, -0.15) is 10.2 Å². The van der Waals surface area contributed by atoms with E-state index < -0.39 is 0 Å². The molecule has 5 nitrogen and oxygen atoms in total. The molecule has 1 rings (SSSR count). The van der Waals surface area contributed by atoms with Crippen LogP contribution in [-0.2, 0) is 0 Å². The SMILES string of the molecule is NC(=S)N/N=C/C=N/Nc1ccccc1. The molecule has 0 fully saturated rings. The highest BCUT2D eigenvalue weighted by atomic mass is 32.1. The van der Waals surface area contributed by atoms with E-state index in [1.54, 1.807) is 0 Å². The van der Waals surface area contributed by atoms with Gasteiger partial charge in [0.15, 0.2) is 5.11 Å². The Kier molecular flexibility index (Phi) is 4.82. The molecule has 0 saturated carbocycles. The number of hydrogen-bond acceptors (Lipinski definition) is 4. The fraction of sp³-hybridized carbons (Fsp3) is 0. The van der Waals surface area contributed by atoms with Crippen LogP contribution in [0.15, 0.2) is 40.5 Å². The number of nitrogens with zero attached hydrogens (tertiary/aromatic N) is 2. The van der Waals surface area contributed by atoms with Crippen LogP contribution in [0.2, 0.25) is 0 Å². The van der Waals surface area contributed by atoms with Gasteiger partial charge in [0.05, 0.1) is 18.1 Å². The first-order valence-corrected chi connectivity index (χ1v) is 4.61. The number of hydrogen-bond donors (Lipinski definition) is 3. The summed E-state index contributed by atoms with van der Waals surface area (Å²) in [6, 6.07) is 9.58. The summed E-state index contributed by atoms with van der Waals surface area (Å²) < 4.78 is 0. The maximum absolute atomic E-state index is 5.14. The van der Waals surface area contributed by atoms with Crippen molar-refractivity contribution in [1.29, 1.82) is 0 Å².